The van der Waals surface area contributed by atoms with E-state index in [1.807, 2.05) is 6.07 Å². The molecule has 0 aliphatic heterocycles. The molecule has 1 aromatic heterocycles. The van der Waals surface area contributed by atoms with Gasteiger partial charge in [0, 0.05) is 18.0 Å². The quantitative estimate of drug-likeness (QED) is 0.632. The zero-order chi connectivity index (χ0) is 13.7. The Morgan fingerprint density at radius 3 is 2.84 bits per heavy atom. The van der Waals surface area contributed by atoms with E-state index >= 15 is 0 Å². The SMILES string of the molecule is Cc1ccc(Nc2nnc(SCCCO)s2)cc1C. The third-order valence-electron chi connectivity index (χ3n) is 2.69. The van der Waals surface area contributed by atoms with Crippen molar-refractivity contribution in [3.8, 4) is 0 Å². The topological polar surface area (TPSA) is 58.0 Å². The molecular weight excluding hydrogens is 278 g/mol. The van der Waals surface area contributed by atoms with Crippen LogP contribution in [0.5, 0.6) is 0 Å². The normalized spacial score (nSPS) is 10.7. The van der Waals surface area contributed by atoms with Gasteiger partial charge in [-0.15, -0.1) is 10.2 Å². The summed E-state index contributed by atoms with van der Waals surface area (Å²) in [4.78, 5) is 0. The van der Waals surface area contributed by atoms with Gasteiger partial charge >= 0.3 is 0 Å². The maximum atomic E-state index is 8.73. The van der Waals surface area contributed by atoms with E-state index in [0.717, 1.165) is 27.3 Å². The third-order valence-corrected chi connectivity index (χ3v) is 4.75. The summed E-state index contributed by atoms with van der Waals surface area (Å²) in [5, 5.41) is 21.0. The molecule has 0 radical (unpaired) electrons. The second-order valence-corrected chi connectivity index (χ2v) is 6.54. The van der Waals surface area contributed by atoms with Gasteiger partial charge in [0.25, 0.3) is 0 Å². The molecule has 0 aliphatic carbocycles. The summed E-state index contributed by atoms with van der Waals surface area (Å²) in [7, 11) is 0. The molecule has 19 heavy (non-hydrogen) atoms. The lowest BCUT2D eigenvalue weighted by atomic mass is 10.1. The number of anilines is 2. The average molecular weight is 295 g/mol. The minimum Gasteiger partial charge on any atom is -0.396 e. The first-order valence-electron chi connectivity index (χ1n) is 6.10. The lowest BCUT2D eigenvalue weighted by Gasteiger charge is -2.05. The predicted molar refractivity (Wildman–Crippen MR) is 81.5 cm³/mol. The van der Waals surface area contributed by atoms with Gasteiger partial charge < -0.3 is 10.4 Å². The average Bonchev–Trinajstić information content (AvgIpc) is 2.82. The Hall–Kier alpha value is -1.11. The molecule has 1 heterocycles. The number of thioether (sulfide) groups is 1. The molecule has 0 saturated heterocycles. The van der Waals surface area contributed by atoms with Crippen LogP contribution in [0.2, 0.25) is 0 Å². The molecule has 1 aromatic carbocycles. The van der Waals surface area contributed by atoms with Crippen molar-refractivity contribution in [3.05, 3.63) is 29.3 Å². The van der Waals surface area contributed by atoms with Gasteiger partial charge in [-0.05, 0) is 43.5 Å². The Morgan fingerprint density at radius 1 is 1.26 bits per heavy atom. The monoisotopic (exact) mass is 295 g/mol. The van der Waals surface area contributed by atoms with Gasteiger partial charge in [-0.1, -0.05) is 29.2 Å². The Labute approximate surface area is 121 Å². The number of aryl methyl sites for hydroxylation is 2. The first-order valence-corrected chi connectivity index (χ1v) is 7.90. The second-order valence-electron chi connectivity index (χ2n) is 4.22. The van der Waals surface area contributed by atoms with E-state index in [4.69, 9.17) is 5.11 Å². The summed E-state index contributed by atoms with van der Waals surface area (Å²) in [6, 6.07) is 6.24. The van der Waals surface area contributed by atoms with Gasteiger partial charge in [-0.3, -0.25) is 0 Å². The number of aliphatic hydroxyl groups excluding tert-OH is 1. The maximum absolute atomic E-state index is 8.73. The molecule has 0 amide bonds. The van der Waals surface area contributed by atoms with Crippen LogP contribution in [0, 0.1) is 13.8 Å². The first kappa shape index (κ1) is 14.3. The van der Waals surface area contributed by atoms with Crippen molar-refractivity contribution in [2.45, 2.75) is 24.6 Å². The van der Waals surface area contributed by atoms with Crippen LogP contribution in [-0.2, 0) is 0 Å². The van der Waals surface area contributed by atoms with Crippen molar-refractivity contribution >= 4 is 33.9 Å². The van der Waals surface area contributed by atoms with E-state index < -0.39 is 0 Å². The van der Waals surface area contributed by atoms with Gasteiger partial charge in [-0.2, -0.15) is 0 Å². The van der Waals surface area contributed by atoms with Gasteiger partial charge in [0.15, 0.2) is 4.34 Å². The summed E-state index contributed by atoms with van der Waals surface area (Å²) in [6.07, 6.45) is 0.782. The number of rotatable bonds is 6. The highest BCUT2D eigenvalue weighted by molar-refractivity contribution is 8.01. The fourth-order valence-electron chi connectivity index (χ4n) is 1.49. The summed E-state index contributed by atoms with van der Waals surface area (Å²) in [5.41, 5.74) is 3.57. The van der Waals surface area contributed by atoms with Gasteiger partial charge in [0.2, 0.25) is 5.13 Å². The highest BCUT2D eigenvalue weighted by atomic mass is 32.2. The molecule has 4 nitrogen and oxygen atoms in total. The van der Waals surface area contributed by atoms with Crippen molar-refractivity contribution < 1.29 is 5.11 Å². The highest BCUT2D eigenvalue weighted by Crippen LogP contribution is 2.28. The smallest absolute Gasteiger partial charge is 0.210 e. The molecule has 102 valence electrons. The zero-order valence-electron chi connectivity index (χ0n) is 11.0. The molecule has 0 unspecified atom stereocenters. The molecule has 0 fully saturated rings. The lowest BCUT2D eigenvalue weighted by molar-refractivity contribution is 0.296. The highest BCUT2D eigenvalue weighted by Gasteiger charge is 2.05. The van der Waals surface area contributed by atoms with Crippen LogP contribution in [0.15, 0.2) is 22.5 Å². The molecule has 0 atom stereocenters. The van der Waals surface area contributed by atoms with Crippen LogP contribution >= 0.6 is 23.1 Å². The number of nitrogens with one attached hydrogen (secondary N) is 1. The fourth-order valence-corrected chi connectivity index (χ4v) is 3.25. The number of hydrogen-bond donors (Lipinski definition) is 2. The van der Waals surface area contributed by atoms with Gasteiger partial charge in [-0.25, -0.2) is 0 Å². The predicted octanol–water partition coefficient (Wildman–Crippen LogP) is 3.37. The maximum Gasteiger partial charge on any atom is 0.210 e. The largest absolute Gasteiger partial charge is 0.396 e. The number of benzene rings is 1. The number of hydrogen-bond acceptors (Lipinski definition) is 6. The van der Waals surface area contributed by atoms with E-state index in [2.05, 4.69) is 41.5 Å². The fraction of sp³-hybridized carbons (Fsp3) is 0.385. The van der Waals surface area contributed by atoms with Crippen molar-refractivity contribution in [3.63, 3.8) is 0 Å². The first-order chi connectivity index (χ1) is 9.19. The molecule has 0 saturated carbocycles. The van der Waals surface area contributed by atoms with Crippen LogP contribution in [0.1, 0.15) is 17.5 Å². The molecule has 0 bridgehead atoms. The molecule has 0 aliphatic rings. The standard InChI is InChI=1S/C13H17N3OS2/c1-9-4-5-11(8-10(9)2)14-12-15-16-13(19-12)18-7-3-6-17/h4-5,8,17H,3,6-7H2,1-2H3,(H,14,15). The van der Waals surface area contributed by atoms with E-state index in [9.17, 15) is 0 Å². The van der Waals surface area contributed by atoms with E-state index in [0.29, 0.717) is 0 Å². The second kappa shape index (κ2) is 6.88. The Bertz CT molecular complexity index is 542. The minimum atomic E-state index is 0.222. The summed E-state index contributed by atoms with van der Waals surface area (Å²) >= 11 is 3.16. The van der Waals surface area contributed by atoms with Crippen LogP contribution in [0.25, 0.3) is 0 Å². The third kappa shape index (κ3) is 4.19. The van der Waals surface area contributed by atoms with Crippen molar-refractivity contribution in [1.82, 2.24) is 10.2 Å². The molecule has 2 rings (SSSR count). The van der Waals surface area contributed by atoms with Gasteiger partial charge in [0.05, 0.1) is 0 Å². The molecular formula is C13H17N3OS2. The Kier molecular flexibility index (Phi) is 5.18. The van der Waals surface area contributed by atoms with Crippen molar-refractivity contribution in [2.24, 2.45) is 0 Å². The zero-order valence-corrected chi connectivity index (χ0v) is 12.6. The molecule has 6 heteroatoms. The number of aliphatic hydroxyl groups is 1. The van der Waals surface area contributed by atoms with E-state index in [1.54, 1.807) is 11.8 Å². The Balaban J connectivity index is 1.97. The molecule has 0 spiro atoms. The van der Waals surface area contributed by atoms with Crippen molar-refractivity contribution in [2.75, 3.05) is 17.7 Å². The molecule has 2 aromatic rings. The van der Waals surface area contributed by atoms with E-state index in [1.165, 1.54) is 22.5 Å². The van der Waals surface area contributed by atoms with Crippen LogP contribution in [0.3, 0.4) is 0 Å². The summed E-state index contributed by atoms with van der Waals surface area (Å²) < 4.78 is 0.930. The van der Waals surface area contributed by atoms with Crippen LogP contribution < -0.4 is 5.32 Å². The van der Waals surface area contributed by atoms with Crippen LogP contribution in [0.4, 0.5) is 10.8 Å². The Morgan fingerprint density at radius 2 is 2.11 bits per heavy atom. The molecule has 2 N–H and O–H groups in total. The van der Waals surface area contributed by atoms with Crippen molar-refractivity contribution in [1.29, 1.82) is 0 Å². The van der Waals surface area contributed by atoms with Crippen LogP contribution in [-0.4, -0.2) is 27.7 Å². The summed E-state index contributed by atoms with van der Waals surface area (Å²) in [6.45, 7) is 4.41. The summed E-state index contributed by atoms with van der Waals surface area (Å²) in [5.74, 6) is 0.870. The van der Waals surface area contributed by atoms with Gasteiger partial charge in [0.1, 0.15) is 0 Å². The number of aromatic nitrogens is 2. The number of nitrogens with zero attached hydrogens (tertiary/aromatic N) is 2. The van der Waals surface area contributed by atoms with E-state index in [-0.39, 0.29) is 6.61 Å². The minimum absolute atomic E-state index is 0.222. The lowest BCUT2D eigenvalue weighted by Crippen LogP contribution is -1.91.